The number of hydrazone groups is 1. The van der Waals surface area contributed by atoms with Crippen LogP contribution in [-0.2, 0) is 6.61 Å². The highest BCUT2D eigenvalue weighted by molar-refractivity contribution is 7.14. The van der Waals surface area contributed by atoms with Crippen molar-refractivity contribution in [3.63, 3.8) is 0 Å². The molecule has 0 aliphatic heterocycles. The first-order valence-electron chi connectivity index (χ1n) is 14.5. The third-order valence-corrected chi connectivity index (χ3v) is 7.84. The van der Waals surface area contributed by atoms with E-state index in [2.05, 4.69) is 25.8 Å². The zero-order valence-electron chi connectivity index (χ0n) is 24.8. The number of rotatable bonds is 11. The molecule has 3 heterocycles. The topological polar surface area (TPSA) is 104 Å². The number of aromatic nitrogens is 6. The molecule has 7 rings (SSSR count). The van der Waals surface area contributed by atoms with Gasteiger partial charge in [0.05, 0.1) is 36.6 Å². The molecule has 0 fully saturated rings. The van der Waals surface area contributed by atoms with Crippen molar-refractivity contribution in [1.82, 2.24) is 29.8 Å². The van der Waals surface area contributed by atoms with Gasteiger partial charge in [-0.3, -0.25) is 5.43 Å². The van der Waals surface area contributed by atoms with E-state index < -0.39 is 0 Å². The number of methoxy groups -OCH3 is 1. The second-order valence-corrected chi connectivity index (χ2v) is 11.0. The van der Waals surface area contributed by atoms with Crippen molar-refractivity contribution >= 4 is 22.7 Å². The lowest BCUT2D eigenvalue weighted by molar-refractivity contribution is 0.301. The zero-order chi connectivity index (χ0) is 31.1. The number of para-hydroxylation sites is 2. The van der Waals surface area contributed by atoms with E-state index in [9.17, 15) is 0 Å². The Labute approximate surface area is 269 Å². The molecule has 10 nitrogen and oxygen atoms in total. The smallest absolute Gasteiger partial charge is 0.203 e. The maximum absolute atomic E-state index is 6.01. The molecule has 0 radical (unpaired) electrons. The van der Waals surface area contributed by atoms with E-state index in [1.165, 1.54) is 11.3 Å². The zero-order valence-corrected chi connectivity index (χ0v) is 25.6. The minimum atomic E-state index is 0.301. The summed E-state index contributed by atoms with van der Waals surface area (Å²) in [7, 11) is 1.65. The molecule has 3 aromatic heterocycles. The molecule has 7 aromatic rings. The van der Waals surface area contributed by atoms with E-state index in [0.29, 0.717) is 17.5 Å². The molecule has 4 aromatic carbocycles. The highest BCUT2D eigenvalue weighted by Gasteiger charge is 2.12. The van der Waals surface area contributed by atoms with Gasteiger partial charge in [0.2, 0.25) is 5.13 Å². The molecule has 46 heavy (non-hydrogen) atoms. The summed E-state index contributed by atoms with van der Waals surface area (Å²) in [5.41, 5.74) is 10.1. The van der Waals surface area contributed by atoms with E-state index in [1.54, 1.807) is 18.0 Å². The molecule has 0 aliphatic rings. The Hall–Kier alpha value is -6.07. The Bertz CT molecular complexity index is 2050. The van der Waals surface area contributed by atoms with Crippen molar-refractivity contribution in [2.24, 2.45) is 5.10 Å². The van der Waals surface area contributed by atoms with E-state index in [1.807, 2.05) is 132 Å². The van der Waals surface area contributed by atoms with Crippen LogP contribution in [0.1, 0.15) is 11.3 Å². The van der Waals surface area contributed by atoms with E-state index in [-0.39, 0.29) is 0 Å². The van der Waals surface area contributed by atoms with Gasteiger partial charge in [0, 0.05) is 28.3 Å². The standard InChI is InChI=1S/C35H28N8O2S/c1-44-31-16-12-25(13-17-31)33-24-46-35(37-33)39-36-20-27-21-42(29-8-4-2-5-9-29)40-34(27)26-14-18-32(19-15-26)45-23-28-22-43(41-38-28)30-10-6-3-7-11-30/h2-22,24H,23H2,1H3,(H,37,39). The third-order valence-electron chi connectivity index (χ3n) is 7.09. The fraction of sp³-hybridized carbons (Fsp3) is 0.0571. The Balaban J connectivity index is 1.06. The SMILES string of the molecule is COc1ccc(-c2csc(NN=Cc3cn(-c4ccccc4)nc3-c3ccc(OCc4cn(-c5ccccc5)nn4)cc3)n2)cc1. The first-order chi connectivity index (χ1) is 22.7. The number of hydrogen-bond acceptors (Lipinski definition) is 9. The fourth-order valence-corrected chi connectivity index (χ4v) is 5.40. The van der Waals surface area contributed by atoms with Gasteiger partial charge in [-0.1, -0.05) is 41.6 Å². The number of nitrogens with one attached hydrogen (secondary N) is 1. The Kier molecular flexibility index (Phi) is 8.28. The van der Waals surface area contributed by atoms with Crippen LogP contribution in [0.15, 0.2) is 132 Å². The maximum Gasteiger partial charge on any atom is 0.203 e. The number of thiazole rings is 1. The minimum absolute atomic E-state index is 0.301. The maximum atomic E-state index is 6.01. The molecule has 0 unspecified atom stereocenters. The summed E-state index contributed by atoms with van der Waals surface area (Å²) < 4.78 is 14.8. The molecule has 0 saturated carbocycles. The first-order valence-corrected chi connectivity index (χ1v) is 15.3. The van der Waals surface area contributed by atoms with Crippen molar-refractivity contribution in [1.29, 1.82) is 0 Å². The van der Waals surface area contributed by atoms with Crippen molar-refractivity contribution in [2.75, 3.05) is 12.5 Å². The van der Waals surface area contributed by atoms with Crippen LogP contribution in [0.2, 0.25) is 0 Å². The van der Waals surface area contributed by atoms with E-state index in [4.69, 9.17) is 14.6 Å². The predicted octanol–water partition coefficient (Wildman–Crippen LogP) is 7.28. The summed E-state index contributed by atoms with van der Waals surface area (Å²) in [5, 5.41) is 20.5. The molecule has 0 spiro atoms. The average Bonchev–Trinajstić information content (AvgIpc) is 3.89. The Morgan fingerprint density at radius 1 is 0.783 bits per heavy atom. The highest BCUT2D eigenvalue weighted by atomic mass is 32.1. The van der Waals surface area contributed by atoms with Crippen LogP contribution in [-0.4, -0.2) is 43.1 Å². The summed E-state index contributed by atoms with van der Waals surface area (Å²) in [4.78, 5) is 4.67. The van der Waals surface area contributed by atoms with Gasteiger partial charge < -0.3 is 9.47 Å². The molecule has 0 aliphatic carbocycles. The number of hydrogen-bond donors (Lipinski definition) is 1. The van der Waals surface area contributed by atoms with Gasteiger partial charge >= 0.3 is 0 Å². The number of benzene rings is 4. The Morgan fingerprint density at radius 3 is 2.17 bits per heavy atom. The average molecular weight is 625 g/mol. The number of ether oxygens (including phenoxy) is 2. The summed E-state index contributed by atoms with van der Waals surface area (Å²) in [6.45, 7) is 0.301. The van der Waals surface area contributed by atoms with Gasteiger partial charge in [-0.2, -0.15) is 10.2 Å². The molecule has 0 amide bonds. The lowest BCUT2D eigenvalue weighted by Gasteiger charge is -2.05. The molecular weight excluding hydrogens is 597 g/mol. The second-order valence-electron chi connectivity index (χ2n) is 10.2. The van der Waals surface area contributed by atoms with Crippen LogP contribution in [0.25, 0.3) is 33.9 Å². The van der Waals surface area contributed by atoms with Crippen LogP contribution in [0.3, 0.4) is 0 Å². The summed E-state index contributed by atoms with van der Waals surface area (Å²) in [5.74, 6) is 1.52. The van der Waals surface area contributed by atoms with Gasteiger partial charge in [0.25, 0.3) is 0 Å². The summed E-state index contributed by atoms with van der Waals surface area (Å²) in [6, 6.07) is 35.5. The molecular formula is C35H28N8O2S. The van der Waals surface area contributed by atoms with Gasteiger partial charge in [0.1, 0.15) is 29.5 Å². The number of nitrogens with zero attached hydrogens (tertiary/aromatic N) is 7. The molecule has 226 valence electrons. The first kappa shape index (κ1) is 28.7. The van der Waals surface area contributed by atoms with Crippen molar-refractivity contribution in [3.8, 4) is 45.4 Å². The van der Waals surface area contributed by atoms with Gasteiger partial charge in [-0.25, -0.2) is 14.3 Å². The molecule has 1 N–H and O–H groups in total. The van der Waals surface area contributed by atoms with Crippen molar-refractivity contribution in [2.45, 2.75) is 6.61 Å². The normalized spacial score (nSPS) is 11.2. The molecule has 0 atom stereocenters. The quantitative estimate of drug-likeness (QED) is 0.119. The van der Waals surface area contributed by atoms with Crippen LogP contribution in [0.4, 0.5) is 5.13 Å². The van der Waals surface area contributed by atoms with Crippen LogP contribution < -0.4 is 14.9 Å². The third kappa shape index (κ3) is 6.54. The lowest BCUT2D eigenvalue weighted by atomic mass is 10.1. The van der Waals surface area contributed by atoms with Crippen molar-refractivity contribution < 1.29 is 9.47 Å². The van der Waals surface area contributed by atoms with E-state index >= 15 is 0 Å². The lowest BCUT2D eigenvalue weighted by Crippen LogP contribution is -1.96. The summed E-state index contributed by atoms with van der Waals surface area (Å²) in [6.07, 6.45) is 5.59. The minimum Gasteiger partial charge on any atom is -0.497 e. The predicted molar refractivity (Wildman–Crippen MR) is 180 cm³/mol. The molecule has 11 heteroatoms. The van der Waals surface area contributed by atoms with E-state index in [0.717, 1.165) is 50.9 Å². The molecule has 0 bridgehead atoms. The van der Waals surface area contributed by atoms with Gasteiger partial charge in [-0.05, 0) is 72.8 Å². The largest absolute Gasteiger partial charge is 0.497 e. The monoisotopic (exact) mass is 624 g/mol. The molecule has 0 saturated heterocycles. The highest BCUT2D eigenvalue weighted by Crippen LogP contribution is 2.28. The van der Waals surface area contributed by atoms with Crippen LogP contribution in [0.5, 0.6) is 11.5 Å². The van der Waals surface area contributed by atoms with Gasteiger partial charge in [-0.15, -0.1) is 16.4 Å². The van der Waals surface area contributed by atoms with Crippen LogP contribution >= 0.6 is 11.3 Å². The van der Waals surface area contributed by atoms with Crippen molar-refractivity contribution in [3.05, 3.63) is 138 Å². The number of anilines is 1. The summed E-state index contributed by atoms with van der Waals surface area (Å²) >= 11 is 1.49. The second kappa shape index (κ2) is 13.3. The van der Waals surface area contributed by atoms with Gasteiger partial charge in [0.15, 0.2) is 0 Å². The Morgan fingerprint density at radius 2 is 1.46 bits per heavy atom. The van der Waals surface area contributed by atoms with Crippen LogP contribution in [0, 0.1) is 0 Å². The fourth-order valence-electron chi connectivity index (χ4n) is 4.73.